The highest BCUT2D eigenvalue weighted by Gasteiger charge is 2.14. The van der Waals surface area contributed by atoms with Gasteiger partial charge in [0.25, 0.3) is 5.56 Å². The fourth-order valence-corrected chi connectivity index (χ4v) is 4.00. The number of nitrogens with one attached hydrogen (secondary N) is 1. The minimum Gasteiger partial charge on any atom is -0.487 e. The Kier molecular flexibility index (Phi) is 6.98. The van der Waals surface area contributed by atoms with Crippen molar-refractivity contribution < 1.29 is 9.53 Å². The van der Waals surface area contributed by atoms with Crippen molar-refractivity contribution in [2.24, 2.45) is 5.92 Å². The number of rotatable bonds is 9. The van der Waals surface area contributed by atoms with Gasteiger partial charge in [-0.1, -0.05) is 32.1 Å². The van der Waals surface area contributed by atoms with Crippen molar-refractivity contribution in [1.82, 2.24) is 14.6 Å². The zero-order valence-corrected chi connectivity index (χ0v) is 17.8. The second-order valence-electron chi connectivity index (χ2n) is 6.84. The Morgan fingerprint density at radius 1 is 1.21 bits per heavy atom. The molecule has 29 heavy (non-hydrogen) atoms. The van der Waals surface area contributed by atoms with Crippen LogP contribution >= 0.6 is 11.3 Å². The van der Waals surface area contributed by atoms with Crippen LogP contribution in [0.2, 0.25) is 0 Å². The number of carbonyl (C=O) groups excluding carboxylic acids is 1. The van der Waals surface area contributed by atoms with Crippen LogP contribution in [0.4, 0.5) is 5.69 Å². The third kappa shape index (κ3) is 5.20. The van der Waals surface area contributed by atoms with Crippen LogP contribution in [0.5, 0.6) is 5.75 Å². The molecule has 0 radical (unpaired) electrons. The Bertz CT molecular complexity index is 1020. The molecule has 8 heteroatoms. The number of nitrogens with zero attached hydrogens (tertiary/aromatic N) is 3. The quantitative estimate of drug-likeness (QED) is 0.571. The van der Waals surface area contributed by atoms with E-state index in [-0.39, 0.29) is 24.0 Å². The van der Waals surface area contributed by atoms with Crippen LogP contribution in [0.25, 0.3) is 4.96 Å². The van der Waals surface area contributed by atoms with Crippen LogP contribution in [-0.4, -0.2) is 20.5 Å². The summed E-state index contributed by atoms with van der Waals surface area (Å²) >= 11 is 1.43. The molecular formula is C21H26N4O3S. The molecule has 0 unspecified atom stereocenters. The lowest BCUT2D eigenvalue weighted by Gasteiger charge is -2.13. The van der Waals surface area contributed by atoms with E-state index in [4.69, 9.17) is 4.74 Å². The van der Waals surface area contributed by atoms with Crippen LogP contribution in [0.15, 0.2) is 35.1 Å². The molecule has 0 atom stereocenters. The molecule has 1 aromatic carbocycles. The number of carbonyl (C=O) groups is 1. The van der Waals surface area contributed by atoms with E-state index in [2.05, 4.69) is 22.3 Å². The first-order valence-corrected chi connectivity index (χ1v) is 10.8. The zero-order chi connectivity index (χ0) is 20.8. The van der Waals surface area contributed by atoms with E-state index in [1.165, 1.54) is 21.9 Å². The fourth-order valence-electron chi connectivity index (χ4n) is 2.98. The minimum atomic E-state index is -0.202. The Hall–Kier alpha value is -2.74. The highest BCUT2D eigenvalue weighted by molar-refractivity contribution is 7.16. The molecule has 3 rings (SSSR count). The summed E-state index contributed by atoms with van der Waals surface area (Å²) in [4.78, 5) is 29.5. The first-order valence-electron chi connectivity index (χ1n) is 9.96. The number of fused-ring (bicyclic) bond motifs is 1. The van der Waals surface area contributed by atoms with Gasteiger partial charge in [0.05, 0.1) is 5.69 Å². The summed E-state index contributed by atoms with van der Waals surface area (Å²) in [7, 11) is 0. The van der Waals surface area contributed by atoms with E-state index >= 15 is 0 Å². The maximum Gasteiger partial charge on any atom is 0.275 e. The van der Waals surface area contributed by atoms with E-state index in [1.807, 2.05) is 13.8 Å². The van der Waals surface area contributed by atoms with Gasteiger partial charge in [-0.25, -0.2) is 4.98 Å². The number of aromatic nitrogens is 3. The van der Waals surface area contributed by atoms with Gasteiger partial charge in [0.2, 0.25) is 10.9 Å². The molecule has 0 aliphatic carbocycles. The van der Waals surface area contributed by atoms with E-state index in [0.29, 0.717) is 16.4 Å². The summed E-state index contributed by atoms with van der Waals surface area (Å²) in [6.07, 6.45) is 3.44. The van der Waals surface area contributed by atoms with E-state index < -0.39 is 0 Å². The second-order valence-corrected chi connectivity index (χ2v) is 7.88. The number of anilines is 1. The van der Waals surface area contributed by atoms with Gasteiger partial charge < -0.3 is 10.1 Å². The smallest absolute Gasteiger partial charge is 0.275 e. The summed E-state index contributed by atoms with van der Waals surface area (Å²) in [6.45, 7) is 6.29. The van der Waals surface area contributed by atoms with Crippen molar-refractivity contribution >= 4 is 27.9 Å². The molecule has 0 spiro atoms. The molecule has 7 nitrogen and oxygen atoms in total. The molecule has 0 saturated carbocycles. The number of hydrogen-bond donors (Lipinski definition) is 1. The van der Waals surface area contributed by atoms with Gasteiger partial charge in [0.15, 0.2) is 0 Å². The molecule has 2 aromatic heterocycles. The molecular weight excluding hydrogens is 388 g/mol. The molecule has 0 aliphatic heterocycles. The topological polar surface area (TPSA) is 85.6 Å². The SMILES string of the molecule is CCCc1nn2c(=O)cc(COc3ccc(NC(=O)C(CC)CC)cc3)nc2s1. The molecule has 2 heterocycles. The van der Waals surface area contributed by atoms with Gasteiger partial charge >= 0.3 is 0 Å². The number of amides is 1. The molecule has 1 amide bonds. The summed E-state index contributed by atoms with van der Waals surface area (Å²) in [5.41, 5.74) is 1.10. The van der Waals surface area contributed by atoms with Gasteiger partial charge in [0.1, 0.15) is 17.4 Å². The van der Waals surface area contributed by atoms with Crippen LogP contribution in [0.3, 0.4) is 0 Å². The van der Waals surface area contributed by atoms with Crippen molar-refractivity contribution in [3.8, 4) is 5.75 Å². The summed E-state index contributed by atoms with van der Waals surface area (Å²) in [5, 5.41) is 8.14. The average Bonchev–Trinajstić information content (AvgIpc) is 3.12. The fraction of sp³-hybridized carbons (Fsp3) is 0.429. The highest BCUT2D eigenvalue weighted by Crippen LogP contribution is 2.19. The molecule has 154 valence electrons. The Morgan fingerprint density at radius 2 is 1.93 bits per heavy atom. The molecule has 0 aliphatic rings. The monoisotopic (exact) mass is 414 g/mol. The summed E-state index contributed by atoms with van der Waals surface area (Å²) in [5.74, 6) is 0.702. The van der Waals surface area contributed by atoms with Crippen molar-refractivity contribution in [2.75, 3.05) is 5.32 Å². The van der Waals surface area contributed by atoms with Gasteiger partial charge in [0, 0.05) is 24.1 Å². The highest BCUT2D eigenvalue weighted by atomic mass is 32.1. The van der Waals surface area contributed by atoms with Crippen molar-refractivity contribution in [3.05, 3.63) is 51.4 Å². The maximum absolute atomic E-state index is 12.3. The van der Waals surface area contributed by atoms with Crippen molar-refractivity contribution in [1.29, 1.82) is 0 Å². The maximum atomic E-state index is 12.3. The van der Waals surface area contributed by atoms with Gasteiger partial charge in [-0.15, -0.1) is 0 Å². The summed E-state index contributed by atoms with van der Waals surface area (Å²) in [6, 6.07) is 8.65. The van der Waals surface area contributed by atoms with Crippen LogP contribution in [0.1, 0.15) is 50.7 Å². The van der Waals surface area contributed by atoms with E-state index in [9.17, 15) is 9.59 Å². The van der Waals surface area contributed by atoms with Crippen LogP contribution in [0, 0.1) is 5.92 Å². The average molecular weight is 415 g/mol. The predicted molar refractivity (Wildman–Crippen MR) is 115 cm³/mol. The second kappa shape index (κ2) is 9.65. The van der Waals surface area contributed by atoms with Crippen LogP contribution in [-0.2, 0) is 17.8 Å². The van der Waals surface area contributed by atoms with Crippen molar-refractivity contribution in [2.45, 2.75) is 53.1 Å². The number of aryl methyl sites for hydroxylation is 1. The molecule has 0 saturated heterocycles. The van der Waals surface area contributed by atoms with Gasteiger partial charge in [-0.3, -0.25) is 9.59 Å². The Labute approximate surface area is 173 Å². The third-order valence-electron chi connectivity index (χ3n) is 4.67. The molecule has 1 N–H and O–H groups in total. The lowest BCUT2D eigenvalue weighted by atomic mass is 10.0. The number of ether oxygens (including phenoxy) is 1. The Morgan fingerprint density at radius 3 is 2.59 bits per heavy atom. The summed E-state index contributed by atoms with van der Waals surface area (Å²) < 4.78 is 7.10. The first kappa shape index (κ1) is 21.0. The predicted octanol–water partition coefficient (Wildman–Crippen LogP) is 4.06. The lowest BCUT2D eigenvalue weighted by molar-refractivity contribution is -0.120. The third-order valence-corrected chi connectivity index (χ3v) is 5.64. The normalized spacial score (nSPS) is 11.2. The van der Waals surface area contributed by atoms with Gasteiger partial charge in [-0.2, -0.15) is 9.61 Å². The largest absolute Gasteiger partial charge is 0.487 e. The number of benzene rings is 1. The van der Waals surface area contributed by atoms with Crippen molar-refractivity contribution in [3.63, 3.8) is 0 Å². The van der Waals surface area contributed by atoms with E-state index in [0.717, 1.165) is 36.4 Å². The van der Waals surface area contributed by atoms with E-state index in [1.54, 1.807) is 24.3 Å². The van der Waals surface area contributed by atoms with Crippen LogP contribution < -0.4 is 15.6 Å². The Balaban J connectivity index is 1.64. The minimum absolute atomic E-state index is 0.0238. The zero-order valence-electron chi connectivity index (χ0n) is 17.0. The van der Waals surface area contributed by atoms with Gasteiger partial charge in [-0.05, 0) is 43.5 Å². The molecule has 3 aromatic rings. The molecule has 0 bridgehead atoms. The standard InChI is InChI=1S/C21H26N4O3S/c1-4-7-18-24-25-19(26)12-16(23-21(25)29-18)13-28-17-10-8-15(9-11-17)22-20(27)14(5-2)6-3/h8-12,14H,4-7,13H2,1-3H3,(H,22,27). The lowest BCUT2D eigenvalue weighted by Crippen LogP contribution is -2.21. The first-order chi connectivity index (χ1) is 14.0. The number of hydrogen-bond acceptors (Lipinski definition) is 6. The molecule has 0 fully saturated rings.